The standard InChI is InChI=1S/C19H21N3O3/c1-2-21-19(24)14-25-17-8-5-15(6-9-17)7-10-18(23)22-13-16-4-3-11-20-12-16/h3-12H,2,13-14H2,1H3,(H,21,24)(H,22,23). The van der Waals surface area contributed by atoms with E-state index in [1.807, 2.05) is 31.2 Å². The molecule has 130 valence electrons. The molecule has 0 atom stereocenters. The molecule has 25 heavy (non-hydrogen) atoms. The largest absolute Gasteiger partial charge is 0.484 e. The highest BCUT2D eigenvalue weighted by atomic mass is 16.5. The van der Waals surface area contributed by atoms with Crippen LogP contribution in [0.5, 0.6) is 5.75 Å². The highest BCUT2D eigenvalue weighted by Gasteiger charge is 2.01. The third kappa shape index (κ3) is 6.87. The molecule has 0 saturated heterocycles. The molecule has 2 aromatic rings. The normalized spacial score (nSPS) is 10.4. The van der Waals surface area contributed by atoms with Crippen molar-refractivity contribution in [3.63, 3.8) is 0 Å². The number of likely N-dealkylation sites (N-methyl/N-ethyl adjacent to an activating group) is 1. The average Bonchev–Trinajstić information content (AvgIpc) is 2.65. The van der Waals surface area contributed by atoms with Gasteiger partial charge in [0.25, 0.3) is 5.91 Å². The molecule has 2 amide bonds. The van der Waals surface area contributed by atoms with E-state index in [0.717, 1.165) is 11.1 Å². The number of ether oxygens (including phenoxy) is 1. The van der Waals surface area contributed by atoms with Crippen LogP contribution in [0.2, 0.25) is 0 Å². The quantitative estimate of drug-likeness (QED) is 0.720. The summed E-state index contributed by atoms with van der Waals surface area (Å²) in [5.74, 6) is 0.265. The lowest BCUT2D eigenvalue weighted by Crippen LogP contribution is -2.28. The Balaban J connectivity index is 1.78. The third-order valence-electron chi connectivity index (χ3n) is 3.24. The fraction of sp³-hybridized carbons (Fsp3) is 0.211. The van der Waals surface area contributed by atoms with Gasteiger partial charge < -0.3 is 15.4 Å². The molecular formula is C19H21N3O3. The number of hydrogen-bond donors (Lipinski definition) is 2. The molecule has 1 aromatic heterocycles. The van der Waals surface area contributed by atoms with Crippen LogP contribution in [0, 0.1) is 0 Å². The molecule has 0 radical (unpaired) electrons. The first-order valence-corrected chi connectivity index (χ1v) is 8.01. The van der Waals surface area contributed by atoms with Crippen molar-refractivity contribution in [1.82, 2.24) is 15.6 Å². The van der Waals surface area contributed by atoms with Crippen molar-refractivity contribution in [3.8, 4) is 5.75 Å². The zero-order valence-electron chi connectivity index (χ0n) is 14.1. The fourth-order valence-electron chi connectivity index (χ4n) is 1.99. The number of aromatic nitrogens is 1. The highest BCUT2D eigenvalue weighted by molar-refractivity contribution is 5.91. The van der Waals surface area contributed by atoms with Gasteiger partial charge in [-0.3, -0.25) is 14.6 Å². The number of nitrogens with zero attached hydrogens (tertiary/aromatic N) is 1. The molecular weight excluding hydrogens is 318 g/mol. The van der Waals surface area contributed by atoms with Gasteiger partial charge in [0.2, 0.25) is 5.91 Å². The summed E-state index contributed by atoms with van der Waals surface area (Å²) in [6.07, 6.45) is 6.59. The topological polar surface area (TPSA) is 80.3 Å². The van der Waals surface area contributed by atoms with Gasteiger partial charge in [-0.15, -0.1) is 0 Å². The first-order chi connectivity index (χ1) is 12.2. The van der Waals surface area contributed by atoms with Gasteiger partial charge in [-0.1, -0.05) is 18.2 Å². The Kier molecular flexibility index (Phi) is 7.18. The summed E-state index contributed by atoms with van der Waals surface area (Å²) in [6, 6.07) is 10.9. The lowest BCUT2D eigenvalue weighted by molar-refractivity contribution is -0.123. The summed E-state index contributed by atoms with van der Waals surface area (Å²) < 4.78 is 5.37. The molecule has 1 aromatic carbocycles. The summed E-state index contributed by atoms with van der Waals surface area (Å²) in [5, 5.41) is 5.45. The number of amides is 2. The van der Waals surface area contributed by atoms with Crippen molar-refractivity contribution in [2.75, 3.05) is 13.2 Å². The van der Waals surface area contributed by atoms with E-state index in [0.29, 0.717) is 18.8 Å². The molecule has 0 aliphatic heterocycles. The predicted octanol–water partition coefficient (Wildman–Crippen LogP) is 1.93. The number of benzene rings is 1. The number of carbonyl (C=O) groups is 2. The van der Waals surface area contributed by atoms with E-state index in [-0.39, 0.29) is 18.4 Å². The summed E-state index contributed by atoms with van der Waals surface area (Å²) >= 11 is 0. The Labute approximate surface area is 146 Å². The van der Waals surface area contributed by atoms with Gasteiger partial charge in [-0.2, -0.15) is 0 Å². The molecule has 1 heterocycles. The Hall–Kier alpha value is -3.15. The van der Waals surface area contributed by atoms with Crippen molar-refractivity contribution >= 4 is 17.9 Å². The number of rotatable bonds is 8. The molecule has 0 saturated carbocycles. The maximum absolute atomic E-state index is 11.8. The molecule has 0 aliphatic rings. The van der Waals surface area contributed by atoms with Crippen LogP contribution in [-0.2, 0) is 16.1 Å². The Morgan fingerprint density at radius 2 is 1.96 bits per heavy atom. The molecule has 0 fully saturated rings. The van der Waals surface area contributed by atoms with Gasteiger partial charge in [0, 0.05) is 31.6 Å². The monoisotopic (exact) mass is 339 g/mol. The molecule has 2 rings (SSSR count). The van der Waals surface area contributed by atoms with Gasteiger partial charge in [0.1, 0.15) is 5.75 Å². The fourth-order valence-corrected chi connectivity index (χ4v) is 1.99. The maximum Gasteiger partial charge on any atom is 0.257 e. The van der Waals surface area contributed by atoms with Crippen LogP contribution in [0.3, 0.4) is 0 Å². The second kappa shape index (κ2) is 9.87. The molecule has 6 nitrogen and oxygen atoms in total. The van der Waals surface area contributed by atoms with Crippen LogP contribution < -0.4 is 15.4 Å². The van der Waals surface area contributed by atoms with Crippen molar-refractivity contribution < 1.29 is 14.3 Å². The van der Waals surface area contributed by atoms with E-state index >= 15 is 0 Å². The molecule has 0 aliphatic carbocycles. The van der Waals surface area contributed by atoms with E-state index in [4.69, 9.17) is 4.74 Å². The van der Waals surface area contributed by atoms with Crippen LogP contribution in [-0.4, -0.2) is 29.9 Å². The highest BCUT2D eigenvalue weighted by Crippen LogP contribution is 2.13. The van der Waals surface area contributed by atoms with Crippen LogP contribution in [0.4, 0.5) is 0 Å². The van der Waals surface area contributed by atoms with Crippen molar-refractivity contribution in [3.05, 3.63) is 66.0 Å². The molecule has 0 bridgehead atoms. The lowest BCUT2D eigenvalue weighted by Gasteiger charge is -2.06. The van der Waals surface area contributed by atoms with Crippen LogP contribution >= 0.6 is 0 Å². The lowest BCUT2D eigenvalue weighted by atomic mass is 10.2. The smallest absolute Gasteiger partial charge is 0.257 e. The van der Waals surface area contributed by atoms with Crippen LogP contribution in [0.25, 0.3) is 6.08 Å². The zero-order valence-corrected chi connectivity index (χ0v) is 14.1. The summed E-state index contributed by atoms with van der Waals surface area (Å²) in [7, 11) is 0. The number of nitrogens with one attached hydrogen (secondary N) is 2. The minimum absolute atomic E-state index is 0.0141. The minimum atomic E-state index is -0.180. The molecule has 0 spiro atoms. The van der Waals surface area contributed by atoms with Crippen molar-refractivity contribution in [2.24, 2.45) is 0 Å². The summed E-state index contributed by atoms with van der Waals surface area (Å²) in [6.45, 7) is 2.85. The summed E-state index contributed by atoms with van der Waals surface area (Å²) in [5.41, 5.74) is 1.81. The maximum atomic E-state index is 11.8. The Morgan fingerprint density at radius 3 is 2.64 bits per heavy atom. The second-order valence-electron chi connectivity index (χ2n) is 5.22. The van der Waals surface area contributed by atoms with Gasteiger partial charge >= 0.3 is 0 Å². The van der Waals surface area contributed by atoms with E-state index in [1.165, 1.54) is 6.08 Å². The van der Waals surface area contributed by atoms with E-state index in [1.54, 1.807) is 30.6 Å². The Morgan fingerprint density at radius 1 is 1.16 bits per heavy atom. The first kappa shape index (κ1) is 18.2. The van der Waals surface area contributed by atoms with Crippen molar-refractivity contribution in [2.45, 2.75) is 13.5 Å². The minimum Gasteiger partial charge on any atom is -0.484 e. The van der Waals surface area contributed by atoms with Gasteiger partial charge in [-0.05, 0) is 42.3 Å². The van der Waals surface area contributed by atoms with Crippen LogP contribution in [0.15, 0.2) is 54.9 Å². The third-order valence-corrected chi connectivity index (χ3v) is 3.24. The van der Waals surface area contributed by atoms with Gasteiger partial charge in [0.15, 0.2) is 6.61 Å². The van der Waals surface area contributed by atoms with Gasteiger partial charge in [0.05, 0.1) is 0 Å². The summed E-state index contributed by atoms with van der Waals surface area (Å²) in [4.78, 5) is 27.1. The molecule has 2 N–H and O–H groups in total. The Bertz CT molecular complexity index is 712. The second-order valence-corrected chi connectivity index (χ2v) is 5.22. The SMILES string of the molecule is CCNC(=O)COc1ccc(C=CC(=O)NCc2cccnc2)cc1. The van der Waals surface area contributed by atoms with Crippen LogP contribution in [0.1, 0.15) is 18.1 Å². The van der Waals surface area contributed by atoms with Gasteiger partial charge in [-0.25, -0.2) is 0 Å². The van der Waals surface area contributed by atoms with E-state index < -0.39 is 0 Å². The number of hydrogen-bond acceptors (Lipinski definition) is 4. The number of carbonyl (C=O) groups excluding carboxylic acids is 2. The predicted molar refractivity (Wildman–Crippen MR) is 95.7 cm³/mol. The van der Waals surface area contributed by atoms with E-state index in [2.05, 4.69) is 15.6 Å². The molecule has 0 unspecified atom stereocenters. The zero-order chi connectivity index (χ0) is 17.9. The van der Waals surface area contributed by atoms with E-state index in [9.17, 15) is 9.59 Å². The average molecular weight is 339 g/mol. The molecule has 6 heteroatoms. The van der Waals surface area contributed by atoms with Crippen molar-refractivity contribution in [1.29, 1.82) is 0 Å². The number of pyridine rings is 1. The first-order valence-electron chi connectivity index (χ1n) is 8.01.